The molecule has 0 aliphatic rings. The average Bonchev–Trinajstić information content (AvgIpc) is 2.84. The number of hydrogen-bond acceptors (Lipinski definition) is 3. The van der Waals surface area contributed by atoms with Gasteiger partial charge in [-0.2, -0.15) is 5.10 Å². The molecule has 7 heteroatoms. The van der Waals surface area contributed by atoms with Crippen molar-refractivity contribution in [1.82, 2.24) is 9.78 Å². The maximum absolute atomic E-state index is 12.7. The molecule has 4 nitrogen and oxygen atoms in total. The molecule has 3 rings (SSSR count). The molecule has 2 aromatic carbocycles. The first kappa shape index (κ1) is 18.0. The molecular weight excluding hydrogens is 422 g/mol. The van der Waals surface area contributed by atoms with Gasteiger partial charge in [-0.05, 0) is 59.3 Å². The number of nitrogens with one attached hydrogen (secondary N) is 1. The van der Waals surface area contributed by atoms with Crippen LogP contribution in [0, 0.1) is 6.92 Å². The van der Waals surface area contributed by atoms with Crippen molar-refractivity contribution in [3.05, 3.63) is 69.4 Å². The molecule has 0 spiro atoms. The van der Waals surface area contributed by atoms with Gasteiger partial charge in [-0.1, -0.05) is 35.5 Å². The van der Waals surface area contributed by atoms with Crippen LogP contribution >= 0.6 is 39.3 Å². The number of halogens is 2. The lowest BCUT2D eigenvalue weighted by atomic mass is 10.3. The molecule has 0 saturated carbocycles. The second-order valence-corrected chi connectivity index (χ2v) is 7.72. The summed E-state index contributed by atoms with van der Waals surface area (Å²) in [5.41, 5.74) is 2.01. The van der Waals surface area contributed by atoms with Crippen LogP contribution in [0.4, 0.5) is 5.69 Å². The topological polar surface area (TPSA) is 46.9 Å². The largest absolute Gasteiger partial charge is 0.320 e. The van der Waals surface area contributed by atoms with Gasteiger partial charge in [-0.15, -0.1) is 0 Å². The van der Waals surface area contributed by atoms with Gasteiger partial charge >= 0.3 is 0 Å². The second-order valence-electron chi connectivity index (χ2n) is 5.38. The Morgan fingerprint density at radius 2 is 1.88 bits per heavy atom. The number of aryl methyl sites for hydroxylation is 2. The van der Waals surface area contributed by atoms with Crippen molar-refractivity contribution in [1.29, 1.82) is 0 Å². The monoisotopic (exact) mass is 435 g/mol. The SMILES string of the molecule is Cc1nn(C)c(C(=O)Nc2ccccc2Sc2ccc(Cl)cc2)c1Br. The molecule has 25 heavy (non-hydrogen) atoms. The lowest BCUT2D eigenvalue weighted by Gasteiger charge is -2.11. The molecule has 128 valence electrons. The van der Waals surface area contributed by atoms with Crippen LogP contribution in [-0.4, -0.2) is 15.7 Å². The molecule has 3 aromatic rings. The van der Waals surface area contributed by atoms with Crippen LogP contribution in [-0.2, 0) is 7.05 Å². The Morgan fingerprint density at radius 1 is 1.20 bits per heavy atom. The molecule has 1 aromatic heterocycles. The Bertz CT molecular complexity index is 925. The number of nitrogens with zero attached hydrogens (tertiary/aromatic N) is 2. The average molecular weight is 437 g/mol. The van der Waals surface area contributed by atoms with Crippen molar-refractivity contribution in [2.24, 2.45) is 7.05 Å². The van der Waals surface area contributed by atoms with Crippen LogP contribution in [0.5, 0.6) is 0 Å². The normalized spacial score (nSPS) is 10.7. The molecule has 1 N–H and O–H groups in total. The highest BCUT2D eigenvalue weighted by Gasteiger charge is 2.19. The summed E-state index contributed by atoms with van der Waals surface area (Å²) < 4.78 is 2.28. The highest BCUT2D eigenvalue weighted by Crippen LogP contribution is 2.34. The van der Waals surface area contributed by atoms with Gasteiger partial charge in [0, 0.05) is 21.9 Å². The quantitative estimate of drug-likeness (QED) is 0.583. The summed E-state index contributed by atoms with van der Waals surface area (Å²) in [6.45, 7) is 1.85. The van der Waals surface area contributed by atoms with Gasteiger partial charge < -0.3 is 5.32 Å². The van der Waals surface area contributed by atoms with Gasteiger partial charge in [0.1, 0.15) is 5.69 Å². The third kappa shape index (κ3) is 4.08. The smallest absolute Gasteiger partial charge is 0.275 e. The summed E-state index contributed by atoms with van der Waals surface area (Å²) in [6.07, 6.45) is 0. The number of benzene rings is 2. The van der Waals surface area contributed by atoms with Crippen molar-refractivity contribution in [2.75, 3.05) is 5.32 Å². The molecule has 0 bridgehead atoms. The maximum Gasteiger partial charge on any atom is 0.275 e. The Morgan fingerprint density at radius 3 is 2.52 bits per heavy atom. The molecule has 0 unspecified atom stereocenters. The summed E-state index contributed by atoms with van der Waals surface area (Å²) >= 11 is 10.9. The third-order valence-electron chi connectivity index (χ3n) is 3.54. The van der Waals surface area contributed by atoms with Crippen LogP contribution in [0.2, 0.25) is 5.02 Å². The lowest BCUT2D eigenvalue weighted by molar-refractivity contribution is 0.101. The molecule has 0 aliphatic carbocycles. The van der Waals surface area contributed by atoms with Gasteiger partial charge in [0.2, 0.25) is 0 Å². The molecule has 0 fully saturated rings. The van der Waals surface area contributed by atoms with E-state index >= 15 is 0 Å². The highest BCUT2D eigenvalue weighted by molar-refractivity contribution is 9.10. The minimum Gasteiger partial charge on any atom is -0.320 e. The van der Waals surface area contributed by atoms with E-state index in [1.807, 2.05) is 55.5 Å². The number of amides is 1. The molecule has 0 radical (unpaired) electrons. The van der Waals surface area contributed by atoms with Gasteiger partial charge in [0.25, 0.3) is 5.91 Å². The van der Waals surface area contributed by atoms with E-state index < -0.39 is 0 Å². The first-order chi connectivity index (χ1) is 12.0. The molecule has 1 heterocycles. The summed E-state index contributed by atoms with van der Waals surface area (Å²) in [5, 5.41) is 7.94. The van der Waals surface area contributed by atoms with Crippen LogP contribution in [0.25, 0.3) is 0 Å². The van der Waals surface area contributed by atoms with Crippen molar-refractivity contribution in [3.8, 4) is 0 Å². The van der Waals surface area contributed by atoms with E-state index in [-0.39, 0.29) is 5.91 Å². The van der Waals surface area contributed by atoms with Crippen LogP contribution < -0.4 is 5.32 Å². The van der Waals surface area contributed by atoms with Crippen LogP contribution in [0.3, 0.4) is 0 Å². The van der Waals surface area contributed by atoms with Gasteiger partial charge in [-0.25, -0.2) is 0 Å². The number of rotatable bonds is 4. The van der Waals surface area contributed by atoms with E-state index in [1.165, 1.54) is 0 Å². The maximum atomic E-state index is 12.7. The number of hydrogen-bond donors (Lipinski definition) is 1. The van der Waals surface area contributed by atoms with Crippen LogP contribution in [0.1, 0.15) is 16.2 Å². The minimum absolute atomic E-state index is 0.209. The first-order valence-corrected chi connectivity index (χ1v) is 9.47. The van der Waals surface area contributed by atoms with E-state index in [4.69, 9.17) is 11.6 Å². The summed E-state index contributed by atoms with van der Waals surface area (Å²) in [7, 11) is 1.75. The molecule has 1 amide bonds. The Balaban J connectivity index is 1.85. The zero-order valence-electron chi connectivity index (χ0n) is 13.6. The third-order valence-corrected chi connectivity index (χ3v) is 5.83. The Hall–Kier alpha value is -1.76. The standard InChI is InChI=1S/C18H15BrClN3OS/c1-11-16(19)17(23(2)22-11)18(24)21-14-5-3-4-6-15(14)25-13-9-7-12(20)8-10-13/h3-10H,1-2H3,(H,21,24). The summed E-state index contributed by atoms with van der Waals surface area (Å²) in [6, 6.07) is 15.3. The zero-order valence-corrected chi connectivity index (χ0v) is 16.7. The van der Waals surface area contributed by atoms with Crippen molar-refractivity contribution < 1.29 is 4.79 Å². The van der Waals surface area contributed by atoms with E-state index in [9.17, 15) is 4.79 Å². The second kappa shape index (κ2) is 7.64. The van der Waals surface area contributed by atoms with E-state index in [2.05, 4.69) is 26.3 Å². The van der Waals surface area contributed by atoms with Crippen molar-refractivity contribution in [2.45, 2.75) is 16.7 Å². The van der Waals surface area contributed by atoms with Gasteiger partial charge in [0.15, 0.2) is 0 Å². The fraction of sp³-hybridized carbons (Fsp3) is 0.111. The molecule has 0 saturated heterocycles. The lowest BCUT2D eigenvalue weighted by Crippen LogP contribution is -2.17. The number of carbonyl (C=O) groups excluding carboxylic acids is 1. The fourth-order valence-electron chi connectivity index (χ4n) is 2.35. The van der Waals surface area contributed by atoms with E-state index in [1.54, 1.807) is 23.5 Å². The zero-order chi connectivity index (χ0) is 18.0. The van der Waals surface area contributed by atoms with Gasteiger partial charge in [0.05, 0.1) is 15.9 Å². The highest BCUT2D eigenvalue weighted by atomic mass is 79.9. The van der Waals surface area contributed by atoms with Gasteiger partial charge in [-0.3, -0.25) is 9.48 Å². The van der Waals surface area contributed by atoms with Crippen molar-refractivity contribution in [3.63, 3.8) is 0 Å². The first-order valence-electron chi connectivity index (χ1n) is 7.48. The summed E-state index contributed by atoms with van der Waals surface area (Å²) in [5.74, 6) is -0.209. The number of anilines is 1. The Kier molecular flexibility index (Phi) is 5.51. The predicted molar refractivity (Wildman–Crippen MR) is 106 cm³/mol. The van der Waals surface area contributed by atoms with Crippen molar-refractivity contribution >= 4 is 50.9 Å². The minimum atomic E-state index is -0.209. The Labute approximate surface area is 163 Å². The van der Waals surface area contributed by atoms with E-state index in [0.29, 0.717) is 15.2 Å². The summed E-state index contributed by atoms with van der Waals surface area (Å²) in [4.78, 5) is 14.7. The molecule has 0 aliphatic heterocycles. The van der Waals surface area contributed by atoms with Crippen LogP contribution in [0.15, 0.2) is 62.8 Å². The predicted octanol–water partition coefficient (Wildman–Crippen LogP) is 5.55. The number of carbonyl (C=O) groups is 1. The van der Waals surface area contributed by atoms with E-state index in [0.717, 1.165) is 21.2 Å². The molecule has 0 atom stereocenters. The number of para-hydroxylation sites is 1. The molecular formula is C18H15BrClN3OS. The number of aromatic nitrogens is 2. The fourth-order valence-corrected chi connectivity index (χ4v) is 3.89.